The molecule has 2 aliphatic rings. The lowest BCUT2D eigenvalue weighted by Crippen LogP contribution is -2.44. The van der Waals surface area contributed by atoms with Crippen molar-refractivity contribution in [3.63, 3.8) is 0 Å². The number of carbonyl (C=O) groups is 1. The van der Waals surface area contributed by atoms with Crippen LogP contribution in [0.15, 0.2) is 0 Å². The van der Waals surface area contributed by atoms with Crippen molar-refractivity contribution in [1.29, 1.82) is 0 Å². The van der Waals surface area contributed by atoms with Crippen molar-refractivity contribution in [2.75, 3.05) is 19.7 Å². The van der Waals surface area contributed by atoms with Gasteiger partial charge < -0.3 is 9.64 Å². The van der Waals surface area contributed by atoms with E-state index in [2.05, 4.69) is 5.48 Å². The molecule has 0 spiro atoms. The van der Waals surface area contributed by atoms with Crippen LogP contribution in [0.2, 0.25) is 0 Å². The summed E-state index contributed by atoms with van der Waals surface area (Å²) in [7, 11) is 0. The van der Waals surface area contributed by atoms with Crippen molar-refractivity contribution >= 4 is 6.03 Å². The third-order valence-electron chi connectivity index (χ3n) is 3.06. The number of nitrogens with zero attached hydrogens (tertiary/aromatic N) is 1. The third-order valence-corrected chi connectivity index (χ3v) is 3.06. The van der Waals surface area contributed by atoms with Crippen LogP contribution in [0.5, 0.6) is 0 Å². The first kappa shape index (κ1) is 11.7. The summed E-state index contributed by atoms with van der Waals surface area (Å²) in [6, 6.07) is -0.131. The van der Waals surface area contributed by atoms with Crippen LogP contribution in [0.25, 0.3) is 0 Å². The van der Waals surface area contributed by atoms with Crippen LogP contribution in [-0.4, -0.2) is 36.9 Å². The van der Waals surface area contributed by atoms with Crippen LogP contribution >= 0.6 is 0 Å². The summed E-state index contributed by atoms with van der Waals surface area (Å²) < 4.78 is 5.36. The molecule has 5 nitrogen and oxygen atoms in total. The number of rotatable bonds is 2. The average molecular weight is 228 g/mol. The lowest BCUT2D eigenvalue weighted by Gasteiger charge is -2.28. The normalized spacial score (nSPS) is 26.5. The number of urea groups is 1. The smallest absolute Gasteiger partial charge is 0.341 e. The van der Waals surface area contributed by atoms with Crippen LogP contribution in [0.3, 0.4) is 0 Å². The van der Waals surface area contributed by atoms with E-state index >= 15 is 0 Å². The van der Waals surface area contributed by atoms with E-state index in [0.717, 1.165) is 51.8 Å². The average Bonchev–Trinajstić information content (AvgIpc) is 2.38. The first-order valence-electron chi connectivity index (χ1n) is 6.18. The predicted octanol–water partition coefficient (Wildman–Crippen LogP) is 1.64. The first-order valence-corrected chi connectivity index (χ1v) is 6.18. The topological polar surface area (TPSA) is 50.8 Å². The molecule has 0 bridgehead atoms. The highest BCUT2D eigenvalue weighted by Gasteiger charge is 2.19. The number of hydrogen-bond acceptors (Lipinski definition) is 3. The number of carbonyl (C=O) groups excluding carboxylic acids is 1. The molecule has 0 aromatic heterocycles. The van der Waals surface area contributed by atoms with Crippen LogP contribution in [0.1, 0.15) is 38.5 Å². The van der Waals surface area contributed by atoms with Gasteiger partial charge in [-0.3, -0.25) is 0 Å². The molecule has 0 saturated carbocycles. The van der Waals surface area contributed by atoms with Gasteiger partial charge in [0.15, 0.2) is 6.29 Å². The summed E-state index contributed by atoms with van der Waals surface area (Å²) in [6.07, 6.45) is 6.18. The summed E-state index contributed by atoms with van der Waals surface area (Å²) in [6.45, 7) is 2.39. The molecule has 1 unspecified atom stereocenters. The van der Waals surface area contributed by atoms with Crippen molar-refractivity contribution in [3.8, 4) is 0 Å². The minimum atomic E-state index is -0.262. The van der Waals surface area contributed by atoms with Crippen molar-refractivity contribution in [1.82, 2.24) is 10.4 Å². The highest BCUT2D eigenvalue weighted by atomic mass is 16.8. The van der Waals surface area contributed by atoms with Crippen LogP contribution in [0.4, 0.5) is 4.79 Å². The Labute approximate surface area is 96.0 Å². The maximum atomic E-state index is 11.7. The molecule has 1 N–H and O–H groups in total. The molecule has 16 heavy (non-hydrogen) atoms. The number of ether oxygens (including phenoxy) is 1. The minimum absolute atomic E-state index is 0.131. The predicted molar refractivity (Wildman–Crippen MR) is 58.6 cm³/mol. The Balaban J connectivity index is 1.65. The molecule has 2 rings (SSSR count). The minimum Gasteiger partial charge on any atom is -0.350 e. The molecule has 1 atom stereocenters. The maximum absolute atomic E-state index is 11.7. The van der Waals surface area contributed by atoms with E-state index in [-0.39, 0.29) is 12.3 Å². The van der Waals surface area contributed by atoms with Crippen molar-refractivity contribution in [2.45, 2.75) is 44.8 Å². The van der Waals surface area contributed by atoms with E-state index in [1.807, 2.05) is 0 Å². The Kier molecular flexibility index (Phi) is 4.42. The van der Waals surface area contributed by atoms with Crippen LogP contribution in [0, 0.1) is 0 Å². The van der Waals surface area contributed by atoms with Gasteiger partial charge in [-0.1, -0.05) is 0 Å². The first-order chi connectivity index (χ1) is 7.86. The van der Waals surface area contributed by atoms with Crippen molar-refractivity contribution < 1.29 is 14.4 Å². The fourth-order valence-electron chi connectivity index (χ4n) is 2.08. The summed E-state index contributed by atoms with van der Waals surface area (Å²) >= 11 is 0. The summed E-state index contributed by atoms with van der Waals surface area (Å²) in [4.78, 5) is 18.7. The Morgan fingerprint density at radius 3 is 2.69 bits per heavy atom. The van der Waals surface area contributed by atoms with Gasteiger partial charge >= 0.3 is 6.03 Å². The van der Waals surface area contributed by atoms with Gasteiger partial charge in [0.2, 0.25) is 0 Å². The SMILES string of the molecule is O=C(NOC1CCCCO1)N1CCCCC1. The molecule has 5 heteroatoms. The molecule has 2 saturated heterocycles. The second-order valence-corrected chi connectivity index (χ2v) is 4.37. The van der Waals surface area contributed by atoms with Crippen molar-refractivity contribution in [2.24, 2.45) is 0 Å². The monoisotopic (exact) mass is 228 g/mol. The van der Waals surface area contributed by atoms with E-state index < -0.39 is 0 Å². The van der Waals surface area contributed by atoms with E-state index in [1.165, 1.54) is 6.42 Å². The number of hydrogen-bond donors (Lipinski definition) is 1. The molecule has 0 aromatic carbocycles. The zero-order chi connectivity index (χ0) is 11.2. The molecule has 0 aromatic rings. The van der Waals surface area contributed by atoms with Gasteiger partial charge in [0, 0.05) is 26.1 Å². The Morgan fingerprint density at radius 2 is 2.00 bits per heavy atom. The number of piperidine rings is 1. The molecule has 2 fully saturated rings. The number of hydroxylamine groups is 1. The number of amides is 2. The van der Waals surface area contributed by atoms with Gasteiger partial charge in [-0.2, -0.15) is 0 Å². The number of likely N-dealkylation sites (tertiary alicyclic amines) is 1. The molecular weight excluding hydrogens is 208 g/mol. The molecule has 92 valence electrons. The molecule has 2 amide bonds. The lowest BCUT2D eigenvalue weighted by atomic mass is 10.1. The fraction of sp³-hybridized carbons (Fsp3) is 0.909. The second-order valence-electron chi connectivity index (χ2n) is 4.37. The third kappa shape index (κ3) is 3.35. The molecule has 0 aliphatic carbocycles. The summed E-state index contributed by atoms with van der Waals surface area (Å²) in [5, 5.41) is 0. The van der Waals surface area contributed by atoms with Gasteiger partial charge in [-0.15, -0.1) is 0 Å². The summed E-state index contributed by atoms with van der Waals surface area (Å²) in [5.74, 6) is 0. The van der Waals surface area contributed by atoms with Gasteiger partial charge in [0.25, 0.3) is 0 Å². The van der Waals surface area contributed by atoms with Gasteiger partial charge in [0.05, 0.1) is 0 Å². The van der Waals surface area contributed by atoms with E-state index in [4.69, 9.17) is 9.57 Å². The van der Waals surface area contributed by atoms with E-state index in [0.29, 0.717) is 0 Å². The standard InChI is InChI=1S/C11H20N2O3/c14-11(13-7-3-1-4-8-13)12-16-10-6-2-5-9-15-10/h10H,1-9H2,(H,12,14). The Bertz CT molecular complexity index is 223. The molecular formula is C11H20N2O3. The highest BCUT2D eigenvalue weighted by Crippen LogP contribution is 2.13. The molecule has 2 aliphatic heterocycles. The van der Waals surface area contributed by atoms with Gasteiger partial charge in [-0.25, -0.2) is 15.1 Å². The second kappa shape index (κ2) is 6.06. The van der Waals surface area contributed by atoms with E-state index in [9.17, 15) is 4.79 Å². The quantitative estimate of drug-likeness (QED) is 0.731. The Hall–Kier alpha value is -0.810. The van der Waals surface area contributed by atoms with Gasteiger partial charge in [0.1, 0.15) is 0 Å². The van der Waals surface area contributed by atoms with Crippen molar-refractivity contribution in [3.05, 3.63) is 0 Å². The van der Waals surface area contributed by atoms with Gasteiger partial charge in [-0.05, 0) is 32.1 Å². The lowest BCUT2D eigenvalue weighted by molar-refractivity contribution is -0.187. The van der Waals surface area contributed by atoms with E-state index in [1.54, 1.807) is 4.90 Å². The van der Waals surface area contributed by atoms with Crippen LogP contribution < -0.4 is 5.48 Å². The maximum Gasteiger partial charge on any atom is 0.341 e. The highest BCUT2D eigenvalue weighted by molar-refractivity contribution is 5.73. The largest absolute Gasteiger partial charge is 0.350 e. The molecule has 2 heterocycles. The zero-order valence-corrected chi connectivity index (χ0v) is 9.61. The number of nitrogens with one attached hydrogen (secondary N) is 1. The van der Waals surface area contributed by atoms with Crippen LogP contribution in [-0.2, 0) is 9.57 Å². The molecule has 0 radical (unpaired) electrons. The fourth-order valence-corrected chi connectivity index (χ4v) is 2.08. The zero-order valence-electron chi connectivity index (χ0n) is 9.61. The Morgan fingerprint density at radius 1 is 1.19 bits per heavy atom. The summed E-state index contributed by atoms with van der Waals surface area (Å²) in [5.41, 5.74) is 2.48.